The smallest absolute Gasteiger partial charge is 0.289 e. The maximum Gasteiger partial charge on any atom is 0.289 e. The number of nitrogens with one attached hydrogen (secondary N) is 1. The number of thiazole rings is 1. The molecule has 1 aliphatic carbocycles. The molecule has 0 radical (unpaired) electrons. The van der Waals surface area contributed by atoms with Gasteiger partial charge in [-0.3, -0.25) is 9.59 Å². The fraction of sp³-hybridized carbons (Fsp3) is 0.471. The molecular formula is C17H21N3O3S. The Morgan fingerprint density at radius 3 is 2.75 bits per heavy atom. The zero-order chi connectivity index (χ0) is 17.2. The van der Waals surface area contributed by atoms with E-state index in [-0.39, 0.29) is 29.7 Å². The van der Waals surface area contributed by atoms with Crippen molar-refractivity contribution < 1.29 is 14.0 Å². The van der Waals surface area contributed by atoms with Gasteiger partial charge in [-0.2, -0.15) is 0 Å². The second-order valence-corrected chi connectivity index (χ2v) is 7.13. The van der Waals surface area contributed by atoms with Crippen LogP contribution >= 0.6 is 11.3 Å². The van der Waals surface area contributed by atoms with Crippen LogP contribution in [0.2, 0.25) is 0 Å². The van der Waals surface area contributed by atoms with Gasteiger partial charge in [0.05, 0.1) is 18.3 Å². The molecule has 0 saturated heterocycles. The third kappa shape index (κ3) is 3.36. The Hall–Kier alpha value is -2.15. The van der Waals surface area contributed by atoms with E-state index in [4.69, 9.17) is 4.42 Å². The first-order valence-electron chi connectivity index (χ1n) is 8.03. The number of carbonyl (C=O) groups excluding carboxylic acids is 2. The van der Waals surface area contributed by atoms with E-state index in [2.05, 4.69) is 10.3 Å². The molecule has 0 aromatic carbocycles. The van der Waals surface area contributed by atoms with Gasteiger partial charge in [-0.15, -0.1) is 11.3 Å². The summed E-state index contributed by atoms with van der Waals surface area (Å²) < 4.78 is 5.09. The number of furan rings is 1. The molecule has 2 amide bonds. The number of aromatic nitrogens is 1. The predicted octanol–water partition coefficient (Wildman–Crippen LogP) is 2.70. The quantitative estimate of drug-likeness (QED) is 0.902. The normalized spacial score (nSPS) is 16.1. The van der Waals surface area contributed by atoms with Crippen LogP contribution in [-0.4, -0.2) is 35.3 Å². The molecule has 3 rings (SSSR count). The van der Waals surface area contributed by atoms with E-state index in [0.717, 1.165) is 36.4 Å². The Kier molecular flexibility index (Phi) is 4.71. The van der Waals surface area contributed by atoms with Crippen LogP contribution in [0, 0.1) is 6.92 Å². The van der Waals surface area contributed by atoms with E-state index in [9.17, 15) is 9.59 Å². The number of aryl methyl sites for hydroxylation is 1. The molecular weight excluding hydrogens is 326 g/mol. The Morgan fingerprint density at radius 1 is 1.42 bits per heavy atom. The first kappa shape index (κ1) is 16.7. The number of rotatable bonds is 5. The number of nitrogens with zero attached hydrogens (tertiary/aromatic N) is 2. The van der Waals surface area contributed by atoms with Crippen LogP contribution in [0.4, 0.5) is 0 Å². The fourth-order valence-corrected chi connectivity index (χ4v) is 4.14. The van der Waals surface area contributed by atoms with Gasteiger partial charge in [-0.05, 0) is 31.9 Å². The highest BCUT2D eigenvalue weighted by molar-refractivity contribution is 7.09. The van der Waals surface area contributed by atoms with E-state index in [1.807, 2.05) is 12.3 Å². The van der Waals surface area contributed by atoms with Crippen LogP contribution in [0.5, 0.6) is 0 Å². The lowest BCUT2D eigenvalue weighted by Crippen LogP contribution is -2.48. The second-order valence-electron chi connectivity index (χ2n) is 6.27. The average Bonchev–Trinajstić information content (AvgIpc) is 3.27. The standard InChI is InChI=1S/C17H21N3O3S/c1-12-11-24-16(18-12)17(7-3-4-8-17)19-14(21)10-20(2)15(22)13-6-5-9-23-13/h5-6,9,11H,3-4,7-8,10H2,1-2H3,(H,19,21). The van der Waals surface area contributed by atoms with Crippen molar-refractivity contribution in [1.29, 1.82) is 0 Å². The van der Waals surface area contributed by atoms with Crippen LogP contribution in [0.25, 0.3) is 0 Å². The van der Waals surface area contributed by atoms with Crippen molar-refractivity contribution in [3.05, 3.63) is 40.2 Å². The third-order valence-corrected chi connectivity index (χ3v) is 5.49. The number of amides is 2. The van der Waals surface area contributed by atoms with Gasteiger partial charge in [0.15, 0.2) is 5.76 Å². The number of hydrogen-bond donors (Lipinski definition) is 1. The first-order chi connectivity index (χ1) is 11.5. The highest BCUT2D eigenvalue weighted by Crippen LogP contribution is 2.40. The van der Waals surface area contributed by atoms with Gasteiger partial charge >= 0.3 is 0 Å². The Labute approximate surface area is 144 Å². The van der Waals surface area contributed by atoms with Gasteiger partial charge in [-0.1, -0.05) is 12.8 Å². The summed E-state index contributed by atoms with van der Waals surface area (Å²) in [6, 6.07) is 3.24. The topological polar surface area (TPSA) is 75.4 Å². The molecule has 0 atom stereocenters. The molecule has 2 heterocycles. The molecule has 0 bridgehead atoms. The van der Waals surface area contributed by atoms with Gasteiger partial charge in [0.2, 0.25) is 5.91 Å². The lowest BCUT2D eigenvalue weighted by atomic mass is 9.98. The highest BCUT2D eigenvalue weighted by Gasteiger charge is 2.39. The van der Waals surface area contributed by atoms with Gasteiger partial charge in [-0.25, -0.2) is 4.98 Å². The van der Waals surface area contributed by atoms with E-state index < -0.39 is 0 Å². The maximum absolute atomic E-state index is 12.5. The Balaban J connectivity index is 1.67. The minimum absolute atomic E-state index is 0.00829. The van der Waals surface area contributed by atoms with Crippen LogP contribution in [0.1, 0.15) is 46.9 Å². The molecule has 1 fully saturated rings. The maximum atomic E-state index is 12.5. The van der Waals surface area contributed by atoms with Crippen molar-refractivity contribution in [3.8, 4) is 0 Å². The van der Waals surface area contributed by atoms with Crippen molar-refractivity contribution in [3.63, 3.8) is 0 Å². The highest BCUT2D eigenvalue weighted by atomic mass is 32.1. The van der Waals surface area contributed by atoms with Crippen LogP contribution in [-0.2, 0) is 10.3 Å². The Morgan fingerprint density at radius 2 is 2.17 bits per heavy atom. The molecule has 7 heteroatoms. The monoisotopic (exact) mass is 347 g/mol. The van der Waals surface area contributed by atoms with Gasteiger partial charge in [0.25, 0.3) is 5.91 Å². The summed E-state index contributed by atoms with van der Waals surface area (Å²) >= 11 is 1.59. The predicted molar refractivity (Wildman–Crippen MR) is 90.8 cm³/mol. The van der Waals surface area contributed by atoms with Gasteiger partial charge in [0, 0.05) is 18.1 Å². The number of likely N-dealkylation sites (N-methyl/N-ethyl adjacent to an activating group) is 1. The third-order valence-electron chi connectivity index (χ3n) is 4.32. The zero-order valence-corrected chi connectivity index (χ0v) is 14.7. The molecule has 1 N–H and O–H groups in total. The summed E-state index contributed by atoms with van der Waals surface area (Å²) in [6.45, 7) is 1.95. The fourth-order valence-electron chi connectivity index (χ4n) is 3.13. The molecule has 24 heavy (non-hydrogen) atoms. The van der Waals surface area contributed by atoms with Crippen LogP contribution in [0.3, 0.4) is 0 Å². The molecule has 1 aliphatic rings. The molecule has 2 aromatic heterocycles. The van der Waals surface area contributed by atoms with Crippen molar-refractivity contribution >= 4 is 23.2 Å². The number of carbonyl (C=O) groups is 2. The summed E-state index contributed by atoms with van der Waals surface area (Å²) in [6.07, 6.45) is 5.36. The van der Waals surface area contributed by atoms with Gasteiger partial charge in [0.1, 0.15) is 5.01 Å². The van der Waals surface area contributed by atoms with Crippen molar-refractivity contribution in [2.24, 2.45) is 0 Å². The van der Waals surface area contributed by atoms with Crippen LogP contribution < -0.4 is 5.32 Å². The number of hydrogen-bond acceptors (Lipinski definition) is 5. The molecule has 0 spiro atoms. The van der Waals surface area contributed by atoms with Crippen LogP contribution in [0.15, 0.2) is 28.2 Å². The SMILES string of the molecule is Cc1csc(C2(NC(=O)CN(C)C(=O)c3ccco3)CCCC2)n1. The molecule has 1 saturated carbocycles. The summed E-state index contributed by atoms with van der Waals surface area (Å²) in [5.74, 6) is -0.246. The van der Waals surface area contributed by atoms with E-state index in [1.165, 1.54) is 11.2 Å². The summed E-state index contributed by atoms with van der Waals surface area (Å²) in [5.41, 5.74) is 0.588. The largest absolute Gasteiger partial charge is 0.459 e. The van der Waals surface area contributed by atoms with Crippen molar-refractivity contribution in [1.82, 2.24) is 15.2 Å². The van der Waals surface area contributed by atoms with E-state index in [1.54, 1.807) is 30.5 Å². The summed E-state index contributed by atoms with van der Waals surface area (Å²) in [7, 11) is 1.60. The molecule has 0 aliphatic heterocycles. The summed E-state index contributed by atoms with van der Waals surface area (Å²) in [4.78, 5) is 30.6. The lowest BCUT2D eigenvalue weighted by molar-refractivity contribution is -0.123. The van der Waals surface area contributed by atoms with Gasteiger partial charge < -0.3 is 14.6 Å². The molecule has 0 unspecified atom stereocenters. The molecule has 128 valence electrons. The summed E-state index contributed by atoms with van der Waals surface area (Å²) in [5, 5.41) is 6.11. The average molecular weight is 347 g/mol. The van der Waals surface area contributed by atoms with E-state index in [0.29, 0.717) is 0 Å². The molecule has 6 nitrogen and oxygen atoms in total. The minimum atomic E-state index is -0.384. The lowest BCUT2D eigenvalue weighted by Gasteiger charge is -2.29. The van der Waals surface area contributed by atoms with Crippen molar-refractivity contribution in [2.75, 3.05) is 13.6 Å². The van der Waals surface area contributed by atoms with Crippen molar-refractivity contribution in [2.45, 2.75) is 38.1 Å². The molecule has 2 aromatic rings. The van der Waals surface area contributed by atoms with E-state index >= 15 is 0 Å². The Bertz CT molecular complexity index is 717. The minimum Gasteiger partial charge on any atom is -0.459 e. The zero-order valence-electron chi connectivity index (χ0n) is 13.9. The second kappa shape index (κ2) is 6.76. The first-order valence-corrected chi connectivity index (χ1v) is 8.91.